The van der Waals surface area contributed by atoms with Gasteiger partial charge in [0.2, 0.25) is 0 Å². The zero-order valence-corrected chi connectivity index (χ0v) is 16.5. The average molecular weight is 392 g/mol. The van der Waals surface area contributed by atoms with Crippen molar-refractivity contribution in [2.75, 3.05) is 27.4 Å². The molecule has 0 heterocycles. The van der Waals surface area contributed by atoms with E-state index in [4.69, 9.17) is 25.8 Å². The van der Waals surface area contributed by atoms with Crippen molar-refractivity contribution >= 4 is 11.6 Å². The van der Waals surface area contributed by atoms with Crippen LogP contribution in [0.15, 0.2) is 42.5 Å². The third-order valence-electron chi connectivity index (χ3n) is 4.60. The molecule has 1 N–H and O–H groups in total. The van der Waals surface area contributed by atoms with Gasteiger partial charge in [0.15, 0.2) is 11.5 Å². The highest BCUT2D eigenvalue weighted by atomic mass is 35.5. The van der Waals surface area contributed by atoms with Crippen LogP contribution in [-0.2, 0) is 6.54 Å². The molecule has 27 heavy (non-hydrogen) atoms. The lowest BCUT2D eigenvalue weighted by Crippen LogP contribution is -2.36. The van der Waals surface area contributed by atoms with Gasteiger partial charge in [-0.3, -0.25) is 4.90 Å². The van der Waals surface area contributed by atoms with Gasteiger partial charge >= 0.3 is 0 Å². The zero-order valence-electron chi connectivity index (χ0n) is 15.7. The zero-order chi connectivity index (χ0) is 19.2. The van der Waals surface area contributed by atoms with Gasteiger partial charge in [-0.05, 0) is 54.8 Å². The van der Waals surface area contributed by atoms with E-state index in [0.29, 0.717) is 23.4 Å². The van der Waals surface area contributed by atoms with Crippen molar-refractivity contribution in [3.63, 3.8) is 0 Å². The van der Waals surface area contributed by atoms with Crippen LogP contribution in [0.5, 0.6) is 17.2 Å². The van der Waals surface area contributed by atoms with E-state index in [-0.39, 0.29) is 6.61 Å². The Kier molecular flexibility index (Phi) is 6.83. The van der Waals surface area contributed by atoms with Crippen molar-refractivity contribution < 1.29 is 19.3 Å². The molecule has 1 unspecified atom stereocenters. The molecule has 6 heteroatoms. The summed E-state index contributed by atoms with van der Waals surface area (Å²) in [6, 6.07) is 13.6. The Hall–Kier alpha value is -1.95. The smallest absolute Gasteiger partial charge is 0.161 e. The van der Waals surface area contributed by atoms with Crippen molar-refractivity contribution in [3.05, 3.63) is 53.1 Å². The molecule has 0 aliphatic heterocycles. The van der Waals surface area contributed by atoms with Crippen molar-refractivity contribution in [2.24, 2.45) is 0 Å². The molecule has 1 aliphatic carbocycles. The number of hydrogen-bond donors (Lipinski definition) is 1. The molecule has 1 saturated carbocycles. The Labute approximate surface area is 165 Å². The number of benzene rings is 2. The standard InChI is InChI=1S/C21H26ClNO4/c1-25-20-10-3-15(11-21(20)26-2)12-23(17-6-7-17)13-18(24)14-27-19-8-4-16(22)5-9-19/h3-5,8-11,17-18,24H,6-7,12-14H2,1-2H3. The first-order valence-corrected chi connectivity index (χ1v) is 9.48. The summed E-state index contributed by atoms with van der Waals surface area (Å²) in [5.41, 5.74) is 1.13. The lowest BCUT2D eigenvalue weighted by Gasteiger charge is -2.25. The molecule has 0 aromatic heterocycles. The number of hydrogen-bond acceptors (Lipinski definition) is 5. The molecule has 0 amide bonds. The lowest BCUT2D eigenvalue weighted by molar-refractivity contribution is 0.0626. The summed E-state index contributed by atoms with van der Waals surface area (Å²) in [5, 5.41) is 11.1. The molecule has 1 fully saturated rings. The van der Waals surface area contributed by atoms with E-state index in [0.717, 1.165) is 36.4 Å². The summed E-state index contributed by atoms with van der Waals surface area (Å²) in [5.74, 6) is 2.14. The quantitative estimate of drug-likeness (QED) is 0.668. The molecular formula is C21H26ClNO4. The number of aliphatic hydroxyl groups excluding tert-OH is 1. The van der Waals surface area contributed by atoms with Gasteiger partial charge in [0.25, 0.3) is 0 Å². The van der Waals surface area contributed by atoms with E-state index in [1.165, 1.54) is 0 Å². The fourth-order valence-electron chi connectivity index (χ4n) is 3.04. The number of methoxy groups -OCH3 is 2. The first-order valence-electron chi connectivity index (χ1n) is 9.10. The molecule has 2 aromatic carbocycles. The summed E-state index contributed by atoms with van der Waals surface area (Å²) in [6.07, 6.45) is 1.76. The second-order valence-corrected chi connectivity index (χ2v) is 7.21. The van der Waals surface area contributed by atoms with Gasteiger partial charge in [0, 0.05) is 24.2 Å². The number of nitrogens with zero attached hydrogens (tertiary/aromatic N) is 1. The number of halogens is 1. The Morgan fingerprint density at radius 1 is 1.07 bits per heavy atom. The predicted octanol–water partition coefficient (Wildman–Crippen LogP) is 3.76. The maximum absolute atomic E-state index is 10.4. The highest BCUT2D eigenvalue weighted by Crippen LogP contribution is 2.31. The fourth-order valence-corrected chi connectivity index (χ4v) is 3.17. The Morgan fingerprint density at radius 2 is 1.78 bits per heavy atom. The molecule has 1 atom stereocenters. The molecule has 0 saturated heterocycles. The minimum absolute atomic E-state index is 0.247. The number of ether oxygens (including phenoxy) is 3. The van der Waals surface area contributed by atoms with Gasteiger partial charge in [0.05, 0.1) is 14.2 Å². The molecule has 2 aromatic rings. The van der Waals surface area contributed by atoms with Gasteiger partial charge in [-0.25, -0.2) is 0 Å². The van der Waals surface area contributed by atoms with E-state index in [1.54, 1.807) is 38.5 Å². The van der Waals surface area contributed by atoms with Crippen LogP contribution in [0.1, 0.15) is 18.4 Å². The summed E-state index contributed by atoms with van der Waals surface area (Å²) in [4.78, 5) is 2.30. The highest BCUT2D eigenvalue weighted by molar-refractivity contribution is 6.30. The minimum atomic E-state index is -0.568. The van der Waals surface area contributed by atoms with Crippen molar-refractivity contribution in [2.45, 2.75) is 31.5 Å². The molecule has 146 valence electrons. The first kappa shape index (κ1) is 19.8. The second kappa shape index (κ2) is 9.31. The van der Waals surface area contributed by atoms with Crippen LogP contribution in [0.25, 0.3) is 0 Å². The maximum Gasteiger partial charge on any atom is 0.161 e. The maximum atomic E-state index is 10.4. The van der Waals surface area contributed by atoms with Crippen molar-refractivity contribution in [3.8, 4) is 17.2 Å². The predicted molar refractivity (Wildman–Crippen MR) is 106 cm³/mol. The molecule has 0 radical (unpaired) electrons. The second-order valence-electron chi connectivity index (χ2n) is 6.77. The molecule has 5 nitrogen and oxygen atoms in total. The van der Waals surface area contributed by atoms with E-state index in [1.807, 2.05) is 18.2 Å². The van der Waals surface area contributed by atoms with Gasteiger partial charge in [-0.2, -0.15) is 0 Å². The topological polar surface area (TPSA) is 51.2 Å². The summed E-state index contributed by atoms with van der Waals surface area (Å²) >= 11 is 5.87. The summed E-state index contributed by atoms with van der Waals surface area (Å²) in [6.45, 7) is 1.56. The van der Waals surface area contributed by atoms with Crippen LogP contribution in [0.3, 0.4) is 0 Å². The molecule has 0 bridgehead atoms. The van der Waals surface area contributed by atoms with E-state index in [2.05, 4.69) is 4.90 Å². The summed E-state index contributed by atoms with van der Waals surface area (Å²) < 4.78 is 16.4. The van der Waals surface area contributed by atoms with E-state index >= 15 is 0 Å². The molecule has 0 spiro atoms. The fraction of sp³-hybridized carbons (Fsp3) is 0.429. The number of aliphatic hydroxyl groups is 1. The summed E-state index contributed by atoms with van der Waals surface area (Å²) in [7, 11) is 3.27. The van der Waals surface area contributed by atoms with E-state index in [9.17, 15) is 5.11 Å². The number of rotatable bonds is 10. The van der Waals surface area contributed by atoms with Gasteiger partial charge < -0.3 is 19.3 Å². The Bertz CT molecular complexity index is 733. The Morgan fingerprint density at radius 3 is 2.41 bits per heavy atom. The monoisotopic (exact) mass is 391 g/mol. The molecule has 3 rings (SSSR count). The van der Waals surface area contributed by atoms with E-state index < -0.39 is 6.10 Å². The van der Waals surface area contributed by atoms with Gasteiger partial charge in [-0.15, -0.1) is 0 Å². The van der Waals surface area contributed by atoms with Gasteiger partial charge in [-0.1, -0.05) is 17.7 Å². The van der Waals surface area contributed by atoms with Crippen LogP contribution in [0.2, 0.25) is 5.02 Å². The highest BCUT2D eigenvalue weighted by Gasteiger charge is 2.30. The first-order chi connectivity index (χ1) is 13.1. The minimum Gasteiger partial charge on any atom is -0.493 e. The van der Waals surface area contributed by atoms with Crippen LogP contribution in [0, 0.1) is 0 Å². The van der Waals surface area contributed by atoms with Gasteiger partial charge in [0.1, 0.15) is 18.5 Å². The third kappa shape index (κ3) is 5.76. The van der Waals surface area contributed by atoms with Crippen LogP contribution >= 0.6 is 11.6 Å². The van der Waals surface area contributed by atoms with Crippen LogP contribution < -0.4 is 14.2 Å². The van der Waals surface area contributed by atoms with Crippen LogP contribution in [0.4, 0.5) is 0 Å². The third-order valence-corrected chi connectivity index (χ3v) is 4.85. The lowest BCUT2D eigenvalue weighted by atomic mass is 10.1. The van der Waals surface area contributed by atoms with Crippen molar-refractivity contribution in [1.82, 2.24) is 4.90 Å². The average Bonchev–Trinajstić information content (AvgIpc) is 3.52. The van der Waals surface area contributed by atoms with Crippen molar-refractivity contribution in [1.29, 1.82) is 0 Å². The largest absolute Gasteiger partial charge is 0.493 e. The molecule has 1 aliphatic rings. The van der Waals surface area contributed by atoms with Crippen LogP contribution in [-0.4, -0.2) is 49.5 Å². The normalized spacial score (nSPS) is 14.9. The molecular weight excluding hydrogens is 366 g/mol. The Balaban J connectivity index is 1.56. The SMILES string of the molecule is COc1ccc(CN(CC(O)COc2ccc(Cl)cc2)C2CC2)cc1OC.